The number of piperazine rings is 1. The minimum absolute atomic E-state index is 0.0668. The van der Waals surface area contributed by atoms with Gasteiger partial charge in [-0.2, -0.15) is 0 Å². The molecule has 4 fully saturated rings. The standard InChI is InChI=1S/C26H29N3O6/c1-23(2,3)35-22(34)29-15-11-13(30)7-8-14(15)17-18(29)24(4,5)16-12-25-9-6-10-28(25)21(33)26(16,19(17)31)27-20(25)32/h7-8,11,16,30H,6,9-10,12H2,1-5H3,(H,27,32)/t16-,25-,26?/m0/s1. The minimum Gasteiger partial charge on any atom is -0.508 e. The zero-order valence-electron chi connectivity index (χ0n) is 20.5. The fourth-order valence-electron chi connectivity index (χ4n) is 7.09. The summed E-state index contributed by atoms with van der Waals surface area (Å²) >= 11 is 0. The van der Waals surface area contributed by atoms with Crippen LogP contribution in [0.3, 0.4) is 0 Å². The highest BCUT2D eigenvalue weighted by Gasteiger charge is 2.76. The number of nitrogens with one attached hydrogen (secondary N) is 1. The van der Waals surface area contributed by atoms with Crippen LogP contribution in [-0.2, 0) is 19.7 Å². The smallest absolute Gasteiger partial charge is 0.419 e. The van der Waals surface area contributed by atoms with Crippen LogP contribution in [0.2, 0.25) is 0 Å². The number of fused-ring (bicyclic) bond motifs is 4. The number of carbonyl (C=O) groups excluding carboxylic acids is 4. The number of amides is 2. The lowest BCUT2D eigenvalue weighted by molar-refractivity contribution is -0.174. The number of ether oxygens (including phenoxy) is 1. The van der Waals surface area contributed by atoms with Gasteiger partial charge in [-0.05, 0) is 52.2 Å². The molecule has 1 aromatic carbocycles. The maximum absolute atomic E-state index is 14.4. The maximum atomic E-state index is 14.4. The third-order valence-corrected chi connectivity index (χ3v) is 8.46. The molecular weight excluding hydrogens is 450 g/mol. The average Bonchev–Trinajstić information content (AvgIpc) is 3.33. The lowest BCUT2D eigenvalue weighted by atomic mass is 9.51. The number of hydrogen-bond acceptors (Lipinski definition) is 6. The molecule has 4 aliphatic heterocycles. The Balaban J connectivity index is 1.68. The number of Topliss-reactive ketones (excluding diaryl/α,β-unsaturated/α-hetero) is 1. The first-order valence-corrected chi connectivity index (χ1v) is 12.1. The molecule has 2 N–H and O–H groups in total. The highest BCUT2D eigenvalue weighted by molar-refractivity contribution is 6.29. The molecule has 5 heterocycles. The van der Waals surface area contributed by atoms with Crippen molar-refractivity contribution in [3.63, 3.8) is 0 Å². The van der Waals surface area contributed by atoms with Gasteiger partial charge >= 0.3 is 6.09 Å². The van der Waals surface area contributed by atoms with Crippen LogP contribution in [0.15, 0.2) is 18.2 Å². The molecule has 5 aliphatic rings. The molecule has 2 bridgehead atoms. The van der Waals surface area contributed by atoms with Gasteiger partial charge in [0.05, 0.1) is 11.1 Å². The van der Waals surface area contributed by atoms with Gasteiger partial charge in [-0.25, -0.2) is 9.36 Å². The first kappa shape index (κ1) is 22.1. The number of piperidine rings is 2. The van der Waals surface area contributed by atoms with Crippen LogP contribution >= 0.6 is 0 Å². The van der Waals surface area contributed by atoms with Crippen molar-refractivity contribution in [3.8, 4) is 5.75 Å². The lowest BCUT2D eigenvalue weighted by Gasteiger charge is -2.63. The van der Waals surface area contributed by atoms with Gasteiger partial charge in [0.1, 0.15) is 16.9 Å². The summed E-state index contributed by atoms with van der Waals surface area (Å²) in [5.41, 5.74) is -3.34. The van der Waals surface area contributed by atoms with E-state index in [1.807, 2.05) is 13.8 Å². The van der Waals surface area contributed by atoms with Crippen molar-refractivity contribution in [2.75, 3.05) is 6.54 Å². The molecule has 9 heteroatoms. The van der Waals surface area contributed by atoms with Gasteiger partial charge in [0.2, 0.25) is 11.7 Å². The number of rotatable bonds is 0. The number of nitrogens with zero attached hydrogens (tertiary/aromatic N) is 2. The summed E-state index contributed by atoms with van der Waals surface area (Å²) in [6.45, 7) is 9.56. The van der Waals surface area contributed by atoms with E-state index in [4.69, 9.17) is 4.74 Å². The molecule has 7 rings (SSSR count). The Labute approximate surface area is 202 Å². The summed E-state index contributed by atoms with van der Waals surface area (Å²) < 4.78 is 7.09. The first-order chi connectivity index (χ1) is 16.3. The minimum atomic E-state index is -1.72. The molecule has 4 saturated heterocycles. The third kappa shape index (κ3) is 2.43. The Bertz CT molecular complexity index is 1380. The van der Waals surface area contributed by atoms with Gasteiger partial charge in [-0.1, -0.05) is 13.8 Å². The van der Waals surface area contributed by atoms with Crippen LogP contribution in [0.4, 0.5) is 4.79 Å². The van der Waals surface area contributed by atoms with Crippen molar-refractivity contribution in [2.45, 2.75) is 76.0 Å². The second-order valence-electron chi connectivity index (χ2n) is 11.9. The van der Waals surface area contributed by atoms with Gasteiger partial charge < -0.3 is 20.1 Å². The SMILES string of the molecule is CC(C)(C)OC(=O)n1c2c(c3ccc(O)cc31)C(=O)C13NC(=O)[C@]4(CCCN4C1=O)C[C@H]3C2(C)C. The number of carbonyl (C=O) groups is 4. The zero-order valence-corrected chi connectivity index (χ0v) is 20.5. The molecular formula is C26H29N3O6. The molecule has 0 radical (unpaired) electrons. The molecule has 2 spiro atoms. The van der Waals surface area contributed by atoms with Gasteiger partial charge in [0.15, 0.2) is 5.54 Å². The van der Waals surface area contributed by atoms with Crippen molar-refractivity contribution in [1.82, 2.24) is 14.8 Å². The van der Waals surface area contributed by atoms with E-state index in [0.29, 0.717) is 42.4 Å². The number of aromatic hydroxyl groups is 1. The number of hydrogen-bond donors (Lipinski definition) is 2. The van der Waals surface area contributed by atoms with Crippen LogP contribution in [0.25, 0.3) is 10.9 Å². The molecule has 9 nitrogen and oxygen atoms in total. The quantitative estimate of drug-likeness (QED) is 0.561. The lowest BCUT2D eigenvalue weighted by Crippen LogP contribution is -2.86. The number of ketones is 1. The van der Waals surface area contributed by atoms with Crippen molar-refractivity contribution in [3.05, 3.63) is 29.5 Å². The summed E-state index contributed by atoms with van der Waals surface area (Å²) in [6.07, 6.45) is 0.944. The highest BCUT2D eigenvalue weighted by Crippen LogP contribution is 2.59. The molecule has 35 heavy (non-hydrogen) atoms. The second-order valence-corrected chi connectivity index (χ2v) is 11.9. The van der Waals surface area contributed by atoms with Gasteiger partial charge in [-0.3, -0.25) is 14.4 Å². The summed E-state index contributed by atoms with van der Waals surface area (Å²) in [7, 11) is 0. The first-order valence-electron chi connectivity index (χ1n) is 12.1. The van der Waals surface area contributed by atoms with E-state index in [0.717, 1.165) is 0 Å². The third-order valence-electron chi connectivity index (χ3n) is 8.46. The molecule has 1 aliphatic carbocycles. The van der Waals surface area contributed by atoms with Crippen molar-refractivity contribution in [2.24, 2.45) is 5.92 Å². The van der Waals surface area contributed by atoms with E-state index in [2.05, 4.69) is 5.32 Å². The summed E-state index contributed by atoms with van der Waals surface area (Å²) in [5, 5.41) is 13.6. The monoisotopic (exact) mass is 479 g/mol. The Hall–Kier alpha value is -3.36. The fourth-order valence-corrected chi connectivity index (χ4v) is 7.09. The predicted molar refractivity (Wildman–Crippen MR) is 125 cm³/mol. The van der Waals surface area contributed by atoms with E-state index in [1.165, 1.54) is 16.7 Å². The summed E-state index contributed by atoms with van der Waals surface area (Å²) in [5.74, 6) is -1.75. The van der Waals surface area contributed by atoms with Crippen molar-refractivity contribution in [1.29, 1.82) is 0 Å². The number of aromatic nitrogens is 1. The van der Waals surface area contributed by atoms with E-state index in [-0.39, 0.29) is 23.1 Å². The maximum Gasteiger partial charge on any atom is 0.419 e. The van der Waals surface area contributed by atoms with Crippen LogP contribution in [0, 0.1) is 5.92 Å². The molecule has 1 aromatic heterocycles. The molecule has 3 atom stereocenters. The Kier molecular flexibility index (Phi) is 3.95. The fraction of sp³-hybridized carbons (Fsp3) is 0.538. The molecule has 2 amide bonds. The number of phenols is 1. The Morgan fingerprint density at radius 3 is 2.60 bits per heavy atom. The van der Waals surface area contributed by atoms with Crippen LogP contribution in [0.1, 0.15) is 69.9 Å². The molecule has 0 saturated carbocycles. The summed E-state index contributed by atoms with van der Waals surface area (Å²) in [6, 6.07) is 4.45. The summed E-state index contributed by atoms with van der Waals surface area (Å²) in [4.78, 5) is 56.8. The highest BCUT2D eigenvalue weighted by atomic mass is 16.6. The van der Waals surface area contributed by atoms with E-state index >= 15 is 0 Å². The van der Waals surface area contributed by atoms with Crippen molar-refractivity contribution < 1.29 is 29.0 Å². The van der Waals surface area contributed by atoms with E-state index < -0.39 is 39.9 Å². The number of benzene rings is 1. The molecule has 184 valence electrons. The second kappa shape index (κ2) is 6.25. The normalized spacial score (nSPS) is 30.7. The average molecular weight is 480 g/mol. The van der Waals surface area contributed by atoms with Crippen LogP contribution < -0.4 is 5.32 Å². The Morgan fingerprint density at radius 2 is 1.91 bits per heavy atom. The van der Waals surface area contributed by atoms with Crippen molar-refractivity contribution >= 4 is 34.6 Å². The molecule has 2 aromatic rings. The zero-order chi connectivity index (χ0) is 25.3. The van der Waals surface area contributed by atoms with Gasteiger partial charge in [0.25, 0.3) is 5.91 Å². The number of phenolic OH excluding ortho intramolecular Hbond substituents is 1. The largest absolute Gasteiger partial charge is 0.508 e. The van der Waals surface area contributed by atoms with Crippen LogP contribution in [-0.4, -0.2) is 61.5 Å². The van der Waals surface area contributed by atoms with Gasteiger partial charge in [-0.15, -0.1) is 0 Å². The van der Waals surface area contributed by atoms with E-state index in [9.17, 15) is 24.3 Å². The van der Waals surface area contributed by atoms with E-state index in [1.54, 1.807) is 31.7 Å². The van der Waals surface area contributed by atoms with Gasteiger partial charge in [0, 0.05) is 35.0 Å². The topological polar surface area (TPSA) is 118 Å². The van der Waals surface area contributed by atoms with Crippen LogP contribution in [0.5, 0.6) is 5.75 Å². The molecule has 1 unspecified atom stereocenters. The predicted octanol–water partition coefficient (Wildman–Crippen LogP) is 2.85. The Morgan fingerprint density at radius 1 is 1.20 bits per heavy atom.